The fourth-order valence-electron chi connectivity index (χ4n) is 9.19. The molecular formula is C67H120O6. The van der Waals surface area contributed by atoms with Gasteiger partial charge >= 0.3 is 17.9 Å². The van der Waals surface area contributed by atoms with Gasteiger partial charge in [0.1, 0.15) is 13.2 Å². The molecule has 0 saturated carbocycles. The van der Waals surface area contributed by atoms with Gasteiger partial charge < -0.3 is 14.2 Å². The Balaban J connectivity index is 4.40. The lowest BCUT2D eigenvalue weighted by Crippen LogP contribution is -2.30. The van der Waals surface area contributed by atoms with Crippen molar-refractivity contribution in [3.63, 3.8) is 0 Å². The normalized spacial score (nSPS) is 12.4. The molecule has 0 fully saturated rings. The third-order valence-electron chi connectivity index (χ3n) is 14.0. The average Bonchev–Trinajstić information content (AvgIpc) is 3.39. The topological polar surface area (TPSA) is 78.9 Å². The van der Waals surface area contributed by atoms with Crippen LogP contribution in [0.5, 0.6) is 0 Å². The zero-order chi connectivity index (χ0) is 52.9. The van der Waals surface area contributed by atoms with E-state index in [9.17, 15) is 14.4 Å². The molecule has 0 aromatic rings. The summed E-state index contributed by atoms with van der Waals surface area (Å²) in [6, 6.07) is 0. The Morgan fingerprint density at radius 1 is 0.274 bits per heavy atom. The monoisotopic (exact) mass is 1020 g/mol. The van der Waals surface area contributed by atoms with Crippen LogP contribution < -0.4 is 0 Å². The van der Waals surface area contributed by atoms with Crippen molar-refractivity contribution in [2.45, 2.75) is 335 Å². The molecule has 0 saturated heterocycles. The van der Waals surface area contributed by atoms with Crippen LogP contribution in [-0.2, 0) is 28.6 Å². The molecule has 1 atom stereocenters. The highest BCUT2D eigenvalue weighted by atomic mass is 16.6. The fraction of sp³-hybridized carbons (Fsp3) is 0.806. The van der Waals surface area contributed by atoms with E-state index in [1.165, 1.54) is 205 Å². The van der Waals surface area contributed by atoms with Gasteiger partial charge in [0.05, 0.1) is 0 Å². The van der Waals surface area contributed by atoms with Gasteiger partial charge in [0.15, 0.2) is 6.10 Å². The van der Waals surface area contributed by atoms with Crippen LogP contribution >= 0.6 is 0 Å². The summed E-state index contributed by atoms with van der Waals surface area (Å²) < 4.78 is 16.9. The Morgan fingerprint density at radius 3 is 0.822 bits per heavy atom. The number of hydrogen-bond donors (Lipinski definition) is 0. The van der Waals surface area contributed by atoms with Gasteiger partial charge in [-0.15, -0.1) is 0 Å². The van der Waals surface area contributed by atoms with Gasteiger partial charge in [0, 0.05) is 19.3 Å². The highest BCUT2D eigenvalue weighted by Gasteiger charge is 2.19. The van der Waals surface area contributed by atoms with E-state index in [4.69, 9.17) is 14.2 Å². The molecule has 6 nitrogen and oxygen atoms in total. The zero-order valence-electron chi connectivity index (χ0n) is 48.7. The van der Waals surface area contributed by atoms with Crippen molar-refractivity contribution in [1.82, 2.24) is 0 Å². The van der Waals surface area contributed by atoms with Gasteiger partial charge in [-0.25, -0.2) is 0 Å². The first-order chi connectivity index (χ1) is 36.0. The number of allylic oxidation sites excluding steroid dienone is 10. The van der Waals surface area contributed by atoms with Crippen molar-refractivity contribution in [2.24, 2.45) is 0 Å². The molecule has 0 bridgehead atoms. The van der Waals surface area contributed by atoms with Gasteiger partial charge in [0.25, 0.3) is 0 Å². The lowest BCUT2D eigenvalue weighted by Gasteiger charge is -2.18. The van der Waals surface area contributed by atoms with Crippen molar-refractivity contribution in [3.8, 4) is 0 Å². The number of rotatable bonds is 58. The molecule has 0 rings (SSSR count). The SMILES string of the molecule is CCCCC/C=C\C/C=C\C/C=C\C/C=C\CCCCCC(=O)OC[C@H](COC(=O)CCCCCCCCCCC/C=C\CCCCCCCC)OC(=O)CCCCCCCCCCCCCCCCCCC. The Morgan fingerprint density at radius 2 is 0.493 bits per heavy atom. The standard InChI is InChI=1S/C67H120O6/c1-4-7-10-13-16-19-22-25-28-31-33-36-38-41-44-47-50-53-56-59-65(68)71-62-64(73-67(70)61-58-55-52-49-46-43-40-35-30-27-24-21-18-15-12-9-6-3)63-72-66(69)60-57-54-51-48-45-42-39-37-34-32-29-26-23-20-17-14-11-8-5-2/h16,19,25-26,28-29,33,36,41,44,64H,4-15,17-18,20-24,27,30-32,34-35,37-40,42-43,45-63H2,1-3H3/b19-16-,28-25-,29-26-,36-33-,44-41-/t64-/m1/s1. The van der Waals surface area contributed by atoms with Crippen molar-refractivity contribution in [1.29, 1.82) is 0 Å². The molecule has 0 aliphatic heterocycles. The van der Waals surface area contributed by atoms with E-state index in [1.54, 1.807) is 0 Å². The van der Waals surface area contributed by atoms with Crippen molar-refractivity contribution >= 4 is 17.9 Å². The summed E-state index contributed by atoms with van der Waals surface area (Å²) >= 11 is 0. The molecule has 0 aliphatic rings. The highest BCUT2D eigenvalue weighted by molar-refractivity contribution is 5.71. The van der Waals surface area contributed by atoms with Gasteiger partial charge in [-0.3, -0.25) is 14.4 Å². The summed E-state index contributed by atoms with van der Waals surface area (Å²) in [5.74, 6) is -0.897. The maximum absolute atomic E-state index is 12.9. The quantitative estimate of drug-likeness (QED) is 0.0261. The van der Waals surface area contributed by atoms with Crippen LogP contribution in [0.3, 0.4) is 0 Å². The first-order valence-corrected chi connectivity index (χ1v) is 31.8. The summed E-state index contributed by atoms with van der Waals surface area (Å²) in [6.07, 6.45) is 77.9. The van der Waals surface area contributed by atoms with E-state index in [0.717, 1.165) is 83.5 Å². The van der Waals surface area contributed by atoms with Crippen LogP contribution in [0.25, 0.3) is 0 Å². The van der Waals surface area contributed by atoms with Crippen LogP contribution in [0, 0.1) is 0 Å². The molecule has 0 aromatic heterocycles. The van der Waals surface area contributed by atoms with E-state index in [1.807, 2.05) is 0 Å². The van der Waals surface area contributed by atoms with Crippen LogP contribution in [0.2, 0.25) is 0 Å². The second-order valence-corrected chi connectivity index (χ2v) is 21.3. The molecule has 0 N–H and O–H groups in total. The second-order valence-electron chi connectivity index (χ2n) is 21.3. The van der Waals surface area contributed by atoms with Gasteiger partial charge in [-0.1, -0.05) is 281 Å². The molecular weight excluding hydrogens is 901 g/mol. The predicted octanol–water partition coefficient (Wildman–Crippen LogP) is 21.6. The second kappa shape index (κ2) is 61.7. The summed E-state index contributed by atoms with van der Waals surface area (Å²) in [5.41, 5.74) is 0. The zero-order valence-corrected chi connectivity index (χ0v) is 48.7. The molecule has 0 unspecified atom stereocenters. The first-order valence-electron chi connectivity index (χ1n) is 31.8. The maximum atomic E-state index is 12.9. The third kappa shape index (κ3) is 59.9. The smallest absolute Gasteiger partial charge is 0.306 e. The first kappa shape index (κ1) is 70.1. The summed E-state index contributed by atoms with van der Waals surface area (Å²) in [5, 5.41) is 0. The molecule has 0 radical (unpaired) electrons. The molecule has 0 amide bonds. The van der Waals surface area contributed by atoms with Gasteiger partial charge in [-0.2, -0.15) is 0 Å². The number of hydrogen-bond acceptors (Lipinski definition) is 6. The van der Waals surface area contributed by atoms with E-state index < -0.39 is 6.10 Å². The number of esters is 3. The van der Waals surface area contributed by atoms with E-state index in [2.05, 4.69) is 81.5 Å². The molecule has 6 heteroatoms. The number of unbranched alkanes of at least 4 members (excludes halogenated alkanes) is 37. The summed E-state index contributed by atoms with van der Waals surface area (Å²) in [7, 11) is 0. The van der Waals surface area contributed by atoms with Gasteiger partial charge in [-0.05, 0) is 89.9 Å². The molecule has 0 aromatic carbocycles. The number of ether oxygens (including phenoxy) is 3. The fourth-order valence-corrected chi connectivity index (χ4v) is 9.19. The Hall–Kier alpha value is -2.89. The summed E-state index contributed by atoms with van der Waals surface area (Å²) in [6.45, 7) is 6.63. The Kier molecular flexibility index (Phi) is 59.2. The van der Waals surface area contributed by atoms with Crippen molar-refractivity contribution in [2.75, 3.05) is 13.2 Å². The minimum atomic E-state index is -0.787. The highest BCUT2D eigenvalue weighted by Crippen LogP contribution is 2.17. The van der Waals surface area contributed by atoms with Crippen LogP contribution in [-0.4, -0.2) is 37.2 Å². The van der Waals surface area contributed by atoms with Crippen LogP contribution in [0.1, 0.15) is 329 Å². The largest absolute Gasteiger partial charge is 0.462 e. The third-order valence-corrected chi connectivity index (χ3v) is 14.0. The van der Waals surface area contributed by atoms with Crippen LogP contribution in [0.4, 0.5) is 0 Å². The molecule has 424 valence electrons. The maximum Gasteiger partial charge on any atom is 0.306 e. The molecule has 0 heterocycles. The average molecular weight is 1020 g/mol. The van der Waals surface area contributed by atoms with Gasteiger partial charge in [0.2, 0.25) is 0 Å². The predicted molar refractivity (Wildman–Crippen MR) is 316 cm³/mol. The van der Waals surface area contributed by atoms with E-state index >= 15 is 0 Å². The minimum absolute atomic E-state index is 0.0824. The summed E-state index contributed by atoms with van der Waals surface area (Å²) in [4.78, 5) is 38.3. The van der Waals surface area contributed by atoms with Crippen molar-refractivity contribution in [3.05, 3.63) is 60.8 Å². The Bertz CT molecular complexity index is 1310. The lowest BCUT2D eigenvalue weighted by molar-refractivity contribution is -0.167. The van der Waals surface area contributed by atoms with E-state index in [0.29, 0.717) is 19.3 Å². The van der Waals surface area contributed by atoms with E-state index in [-0.39, 0.29) is 31.1 Å². The van der Waals surface area contributed by atoms with Crippen LogP contribution in [0.15, 0.2) is 60.8 Å². The number of carbonyl (C=O) groups excluding carboxylic acids is 3. The van der Waals surface area contributed by atoms with Crippen molar-refractivity contribution < 1.29 is 28.6 Å². The Labute approximate surface area is 453 Å². The molecule has 73 heavy (non-hydrogen) atoms. The number of carbonyl (C=O) groups is 3. The molecule has 0 aliphatic carbocycles. The minimum Gasteiger partial charge on any atom is -0.462 e. The lowest BCUT2D eigenvalue weighted by atomic mass is 10.0. The molecule has 0 spiro atoms.